The Morgan fingerprint density at radius 3 is 2.77 bits per heavy atom. The zero-order chi connectivity index (χ0) is 16.1. The Morgan fingerprint density at radius 1 is 1.50 bits per heavy atom. The van der Waals surface area contributed by atoms with E-state index in [0.717, 1.165) is 5.56 Å². The summed E-state index contributed by atoms with van der Waals surface area (Å²) in [7, 11) is 0. The summed E-state index contributed by atoms with van der Waals surface area (Å²) in [6.45, 7) is 1.76. The molecule has 1 atom stereocenters. The van der Waals surface area contributed by atoms with Gasteiger partial charge in [-0.3, -0.25) is 5.10 Å². The van der Waals surface area contributed by atoms with Gasteiger partial charge >= 0.3 is 6.18 Å². The second kappa shape index (κ2) is 4.78. The summed E-state index contributed by atoms with van der Waals surface area (Å²) in [4.78, 5) is 0.607. The Morgan fingerprint density at radius 2 is 2.23 bits per heavy atom. The van der Waals surface area contributed by atoms with Crippen molar-refractivity contribution in [2.45, 2.75) is 19.0 Å². The molecule has 2 aromatic rings. The number of aryl methyl sites for hydroxylation is 1. The van der Waals surface area contributed by atoms with Crippen molar-refractivity contribution in [2.75, 3.05) is 0 Å². The van der Waals surface area contributed by atoms with Crippen LogP contribution >= 0.6 is 11.3 Å². The van der Waals surface area contributed by atoms with E-state index in [1.165, 1.54) is 11.3 Å². The molecule has 0 radical (unpaired) electrons. The van der Waals surface area contributed by atoms with Crippen LogP contribution in [0, 0.1) is 18.3 Å². The van der Waals surface area contributed by atoms with Gasteiger partial charge in [-0.15, -0.1) is 16.4 Å². The van der Waals surface area contributed by atoms with E-state index in [-0.39, 0.29) is 22.9 Å². The van der Waals surface area contributed by atoms with Crippen molar-refractivity contribution in [3.8, 4) is 11.9 Å². The van der Waals surface area contributed by atoms with Crippen LogP contribution in [0.5, 0.6) is 5.88 Å². The van der Waals surface area contributed by atoms with E-state index in [1.807, 2.05) is 11.2 Å². The second-order valence-electron chi connectivity index (χ2n) is 4.71. The molecule has 3 rings (SSSR count). The van der Waals surface area contributed by atoms with Gasteiger partial charge < -0.3 is 10.5 Å². The molecule has 0 fully saturated rings. The third-order valence-electron chi connectivity index (χ3n) is 3.39. The van der Waals surface area contributed by atoms with Gasteiger partial charge in [0.25, 0.3) is 0 Å². The molecule has 1 aliphatic rings. The first kappa shape index (κ1) is 14.5. The van der Waals surface area contributed by atoms with Gasteiger partial charge in [0, 0.05) is 4.88 Å². The predicted molar refractivity (Wildman–Crippen MR) is 71.9 cm³/mol. The lowest BCUT2D eigenvalue weighted by Gasteiger charge is -2.23. The minimum Gasteiger partial charge on any atom is -0.420 e. The Labute approximate surface area is 126 Å². The summed E-state index contributed by atoms with van der Waals surface area (Å²) in [5.74, 6) is -1.42. The maximum Gasteiger partial charge on any atom is 0.433 e. The topological polar surface area (TPSA) is 87.7 Å². The monoisotopic (exact) mass is 326 g/mol. The molecule has 114 valence electrons. The molecule has 3 heterocycles. The summed E-state index contributed by atoms with van der Waals surface area (Å²) in [5, 5.41) is 16.5. The molecule has 5 nitrogen and oxygen atoms in total. The highest BCUT2D eigenvalue weighted by Gasteiger charge is 2.45. The van der Waals surface area contributed by atoms with E-state index in [2.05, 4.69) is 5.10 Å². The lowest BCUT2D eigenvalue weighted by molar-refractivity contribution is -0.141. The third-order valence-corrected chi connectivity index (χ3v) is 4.47. The van der Waals surface area contributed by atoms with Crippen LogP contribution in [0.2, 0.25) is 0 Å². The molecular weight excluding hydrogens is 317 g/mol. The number of halogens is 3. The quantitative estimate of drug-likeness (QED) is 0.843. The molecule has 0 aliphatic carbocycles. The first-order chi connectivity index (χ1) is 10.3. The number of nitriles is 1. The first-order valence-corrected chi connectivity index (χ1v) is 6.99. The van der Waals surface area contributed by atoms with Gasteiger partial charge in [-0.1, -0.05) is 0 Å². The van der Waals surface area contributed by atoms with Crippen LogP contribution in [0.3, 0.4) is 0 Å². The number of ether oxygens (including phenoxy) is 1. The first-order valence-electron chi connectivity index (χ1n) is 6.11. The molecule has 0 saturated carbocycles. The number of aromatic nitrogens is 2. The van der Waals surface area contributed by atoms with E-state index in [1.54, 1.807) is 18.4 Å². The third kappa shape index (κ3) is 2.03. The van der Waals surface area contributed by atoms with Crippen molar-refractivity contribution in [1.82, 2.24) is 10.2 Å². The van der Waals surface area contributed by atoms with Gasteiger partial charge in [0.2, 0.25) is 11.8 Å². The number of thiophene rings is 1. The van der Waals surface area contributed by atoms with Crippen LogP contribution in [0.1, 0.15) is 27.6 Å². The van der Waals surface area contributed by atoms with Gasteiger partial charge in [0.05, 0.1) is 11.5 Å². The molecule has 22 heavy (non-hydrogen) atoms. The fraction of sp³-hybridized carbons (Fsp3) is 0.231. The van der Waals surface area contributed by atoms with E-state index in [0.29, 0.717) is 4.88 Å². The maximum atomic E-state index is 13.2. The average Bonchev–Trinajstić information content (AvgIpc) is 3.02. The second-order valence-corrected chi connectivity index (χ2v) is 5.66. The summed E-state index contributed by atoms with van der Waals surface area (Å²) in [6, 6.07) is 3.63. The van der Waals surface area contributed by atoms with Gasteiger partial charge in [0.15, 0.2) is 0 Å². The summed E-state index contributed by atoms with van der Waals surface area (Å²) < 4.78 is 44.7. The number of fused-ring (bicyclic) bond motifs is 1. The van der Waals surface area contributed by atoms with Crippen LogP contribution in [-0.2, 0) is 6.18 Å². The highest BCUT2D eigenvalue weighted by Crippen LogP contribution is 2.48. The highest BCUT2D eigenvalue weighted by atomic mass is 32.1. The van der Waals surface area contributed by atoms with Crippen molar-refractivity contribution in [1.29, 1.82) is 5.26 Å². The molecule has 9 heteroatoms. The predicted octanol–water partition coefficient (Wildman–Crippen LogP) is 3.02. The van der Waals surface area contributed by atoms with Crippen LogP contribution in [-0.4, -0.2) is 10.2 Å². The lowest BCUT2D eigenvalue weighted by atomic mass is 9.87. The van der Waals surface area contributed by atoms with E-state index in [9.17, 15) is 18.4 Å². The highest BCUT2D eigenvalue weighted by molar-refractivity contribution is 7.10. The molecule has 0 bridgehead atoms. The number of nitrogens with zero attached hydrogens (tertiary/aromatic N) is 2. The number of alkyl halides is 3. The zero-order valence-corrected chi connectivity index (χ0v) is 12.0. The molecule has 3 N–H and O–H groups in total. The van der Waals surface area contributed by atoms with Crippen molar-refractivity contribution >= 4 is 11.3 Å². The molecule has 0 spiro atoms. The Kier molecular flexibility index (Phi) is 3.14. The standard InChI is InChI=1S/C13H9F3N4OS/c1-5-2-3-22-9(5)7-6(4-17)11(18)21-12-8(7)10(19-20-12)13(14,15)16/h2-3,7H,18H2,1H3,(H,19,20). The van der Waals surface area contributed by atoms with Gasteiger partial charge in [-0.2, -0.15) is 18.4 Å². The van der Waals surface area contributed by atoms with Gasteiger partial charge in [-0.25, -0.2) is 0 Å². The summed E-state index contributed by atoms with van der Waals surface area (Å²) >= 11 is 1.26. The molecule has 0 saturated heterocycles. The Balaban J connectivity index is 2.30. The van der Waals surface area contributed by atoms with Crippen molar-refractivity contribution in [3.63, 3.8) is 0 Å². The number of hydrogen-bond acceptors (Lipinski definition) is 5. The molecule has 0 aromatic carbocycles. The SMILES string of the molecule is Cc1ccsc1C1C(C#N)=C(N)Oc2n[nH]c(C(F)(F)F)c21. The van der Waals surface area contributed by atoms with E-state index < -0.39 is 17.8 Å². The van der Waals surface area contributed by atoms with Crippen LogP contribution < -0.4 is 10.5 Å². The summed E-state index contributed by atoms with van der Waals surface area (Å²) in [5.41, 5.74) is 5.17. The summed E-state index contributed by atoms with van der Waals surface area (Å²) in [6.07, 6.45) is -4.64. The molecule has 2 aromatic heterocycles. The smallest absolute Gasteiger partial charge is 0.420 e. The fourth-order valence-electron chi connectivity index (χ4n) is 2.40. The molecular formula is C13H9F3N4OS. The van der Waals surface area contributed by atoms with Gasteiger partial charge in [-0.05, 0) is 23.9 Å². The molecule has 0 amide bonds. The molecule has 1 aliphatic heterocycles. The Bertz CT molecular complexity index is 812. The minimum absolute atomic E-state index is 0.0510. The number of nitrogens with two attached hydrogens (primary N) is 1. The van der Waals surface area contributed by atoms with Gasteiger partial charge in [0.1, 0.15) is 17.3 Å². The minimum atomic E-state index is -4.64. The van der Waals surface area contributed by atoms with E-state index >= 15 is 0 Å². The number of H-pyrrole nitrogens is 1. The van der Waals surface area contributed by atoms with E-state index in [4.69, 9.17) is 10.5 Å². The van der Waals surface area contributed by atoms with Crippen molar-refractivity contribution < 1.29 is 17.9 Å². The largest absolute Gasteiger partial charge is 0.433 e. The van der Waals surface area contributed by atoms with Crippen LogP contribution in [0.4, 0.5) is 13.2 Å². The number of allylic oxidation sites excluding steroid dienone is 1. The number of nitrogens with one attached hydrogen (secondary N) is 1. The van der Waals surface area contributed by atoms with Crippen molar-refractivity contribution in [3.05, 3.63) is 44.6 Å². The average molecular weight is 326 g/mol. The molecule has 1 unspecified atom stereocenters. The van der Waals surface area contributed by atoms with Crippen molar-refractivity contribution in [2.24, 2.45) is 5.73 Å². The number of aromatic amines is 1. The lowest BCUT2D eigenvalue weighted by Crippen LogP contribution is -2.22. The Hall–Kier alpha value is -2.47. The number of rotatable bonds is 1. The fourth-order valence-corrected chi connectivity index (χ4v) is 3.45. The normalized spacial score (nSPS) is 17.9. The number of hydrogen-bond donors (Lipinski definition) is 2. The maximum absolute atomic E-state index is 13.2. The zero-order valence-electron chi connectivity index (χ0n) is 11.2. The van der Waals surface area contributed by atoms with Crippen LogP contribution in [0.15, 0.2) is 22.9 Å². The van der Waals surface area contributed by atoms with Crippen LogP contribution in [0.25, 0.3) is 0 Å².